The summed E-state index contributed by atoms with van der Waals surface area (Å²) in [6, 6.07) is 14.9. The second-order valence-corrected chi connectivity index (χ2v) is 10.5. The molecule has 33 heavy (non-hydrogen) atoms. The van der Waals surface area contributed by atoms with Crippen molar-refractivity contribution in [2.24, 2.45) is 11.3 Å². The molecular formula is C28H33NO4. The number of likely N-dealkylation sites (tertiary alicyclic amines) is 1. The van der Waals surface area contributed by atoms with E-state index in [0.29, 0.717) is 12.0 Å². The van der Waals surface area contributed by atoms with Crippen molar-refractivity contribution in [3.63, 3.8) is 0 Å². The van der Waals surface area contributed by atoms with Gasteiger partial charge in [0.05, 0.1) is 13.7 Å². The highest BCUT2D eigenvalue weighted by Crippen LogP contribution is 2.66. The highest BCUT2D eigenvalue weighted by atomic mass is 16.5. The Morgan fingerprint density at radius 2 is 2.03 bits per heavy atom. The molecule has 0 amide bonds. The van der Waals surface area contributed by atoms with Crippen molar-refractivity contribution in [1.29, 1.82) is 0 Å². The Hall–Kier alpha value is -2.34. The highest BCUT2D eigenvalue weighted by molar-refractivity contribution is 5.61. The summed E-state index contributed by atoms with van der Waals surface area (Å²) in [5.41, 5.74) is 2.86. The van der Waals surface area contributed by atoms with Crippen molar-refractivity contribution >= 4 is 0 Å². The minimum Gasteiger partial charge on any atom is -0.493 e. The number of allylic oxidation sites excluding steroid dienone is 1. The van der Waals surface area contributed by atoms with Crippen LogP contribution in [0.2, 0.25) is 0 Å². The Balaban J connectivity index is 1.44. The second kappa shape index (κ2) is 7.59. The zero-order valence-electron chi connectivity index (χ0n) is 19.4. The minimum absolute atomic E-state index is 0.0946. The van der Waals surface area contributed by atoms with Gasteiger partial charge in [-0.2, -0.15) is 0 Å². The van der Waals surface area contributed by atoms with Gasteiger partial charge in [0.1, 0.15) is 12.2 Å². The molecule has 1 spiro atoms. The summed E-state index contributed by atoms with van der Waals surface area (Å²) in [6.45, 7) is 0.891. The molecule has 6 rings (SSSR count). The summed E-state index contributed by atoms with van der Waals surface area (Å²) < 4.78 is 12.3. The van der Waals surface area contributed by atoms with E-state index in [2.05, 4.69) is 42.3 Å². The van der Waals surface area contributed by atoms with Gasteiger partial charge in [0.25, 0.3) is 0 Å². The summed E-state index contributed by atoms with van der Waals surface area (Å²) in [4.78, 5) is 2.48. The number of piperidine rings is 1. The van der Waals surface area contributed by atoms with Crippen LogP contribution in [0.25, 0.3) is 0 Å². The molecule has 2 aromatic rings. The molecule has 0 radical (unpaired) electrons. The fourth-order valence-electron chi connectivity index (χ4n) is 7.40. The molecule has 6 atom stereocenters. The molecule has 2 heterocycles. The van der Waals surface area contributed by atoms with Crippen LogP contribution in [0.15, 0.2) is 54.6 Å². The molecule has 2 fully saturated rings. The van der Waals surface area contributed by atoms with Crippen LogP contribution in [-0.4, -0.2) is 60.7 Å². The van der Waals surface area contributed by atoms with Gasteiger partial charge >= 0.3 is 0 Å². The molecule has 1 saturated heterocycles. The van der Waals surface area contributed by atoms with Crippen molar-refractivity contribution in [1.82, 2.24) is 4.90 Å². The molecule has 2 bridgehead atoms. The zero-order valence-corrected chi connectivity index (χ0v) is 19.4. The molecule has 1 saturated carbocycles. The summed E-state index contributed by atoms with van der Waals surface area (Å²) in [7, 11) is 3.90. The minimum atomic E-state index is -0.794. The zero-order chi connectivity index (χ0) is 22.8. The normalized spacial score (nSPS) is 36.5. The van der Waals surface area contributed by atoms with E-state index in [1.807, 2.05) is 24.3 Å². The molecule has 5 nitrogen and oxygen atoms in total. The van der Waals surface area contributed by atoms with E-state index in [9.17, 15) is 10.2 Å². The number of likely N-dealkylation sites (N-methyl/N-ethyl adjacent to an activating group) is 1. The van der Waals surface area contributed by atoms with Gasteiger partial charge in [0.15, 0.2) is 11.5 Å². The predicted octanol–water partition coefficient (Wildman–Crippen LogP) is 3.11. The van der Waals surface area contributed by atoms with Gasteiger partial charge < -0.3 is 24.6 Å². The number of hydrogen-bond donors (Lipinski definition) is 2. The largest absolute Gasteiger partial charge is 0.493 e. The highest BCUT2D eigenvalue weighted by Gasteiger charge is 2.69. The third-order valence-electron chi connectivity index (χ3n) is 9.06. The quantitative estimate of drug-likeness (QED) is 0.690. The van der Waals surface area contributed by atoms with Crippen molar-refractivity contribution in [3.8, 4) is 11.5 Å². The van der Waals surface area contributed by atoms with Gasteiger partial charge in [-0.1, -0.05) is 48.6 Å². The summed E-state index contributed by atoms with van der Waals surface area (Å²) in [5.74, 6) is 1.86. The van der Waals surface area contributed by atoms with Crippen LogP contribution in [0.5, 0.6) is 11.5 Å². The van der Waals surface area contributed by atoms with Crippen LogP contribution in [0.3, 0.4) is 0 Å². The maximum absolute atomic E-state index is 11.8. The third-order valence-corrected chi connectivity index (χ3v) is 9.06. The van der Waals surface area contributed by atoms with E-state index in [0.717, 1.165) is 43.7 Å². The molecular weight excluding hydrogens is 414 g/mol. The number of nitrogens with zero attached hydrogens (tertiary/aromatic N) is 1. The van der Waals surface area contributed by atoms with Crippen LogP contribution >= 0.6 is 0 Å². The molecule has 2 N–H and O–H groups in total. The predicted molar refractivity (Wildman–Crippen MR) is 127 cm³/mol. The topological polar surface area (TPSA) is 62.2 Å². The smallest absolute Gasteiger partial charge is 0.165 e. The average Bonchev–Trinajstić information content (AvgIpc) is 3.19. The van der Waals surface area contributed by atoms with Crippen molar-refractivity contribution in [2.45, 2.75) is 49.3 Å². The van der Waals surface area contributed by atoms with E-state index < -0.39 is 11.5 Å². The molecule has 0 aromatic heterocycles. The molecule has 5 heteroatoms. The average molecular weight is 448 g/mol. The first kappa shape index (κ1) is 21.2. The molecule has 4 aliphatic rings. The van der Waals surface area contributed by atoms with Crippen LogP contribution in [0.1, 0.15) is 29.5 Å². The standard InChI is InChI=1S/C28H33NO4/c1-29-14-13-28-20-16-27(17-30,12-6-9-18-7-4-3-5-8-18)25(31)26(28)33-24-22(32-2)11-10-19(23(24)28)15-21(20)29/h3-8,10-12,20-21,25-26,30-31H,9,13-17H2,1-2H3/b12-6+/t20?,21?,25-,26?,27+,28?/m0/s1. The van der Waals surface area contributed by atoms with Gasteiger partial charge in [-0.3, -0.25) is 0 Å². The number of aliphatic hydroxyl groups excluding tert-OH is 2. The van der Waals surface area contributed by atoms with E-state index in [1.165, 1.54) is 16.7 Å². The van der Waals surface area contributed by atoms with Crippen molar-refractivity contribution in [2.75, 3.05) is 27.3 Å². The molecule has 174 valence electrons. The summed E-state index contributed by atoms with van der Waals surface area (Å²) in [5, 5.41) is 22.5. The maximum atomic E-state index is 11.8. The van der Waals surface area contributed by atoms with Crippen molar-refractivity contribution in [3.05, 3.63) is 71.3 Å². The molecule has 2 aliphatic carbocycles. The molecule has 2 aromatic carbocycles. The first-order valence-corrected chi connectivity index (χ1v) is 12.1. The number of methoxy groups -OCH3 is 1. The van der Waals surface area contributed by atoms with E-state index in [-0.39, 0.29) is 18.1 Å². The van der Waals surface area contributed by atoms with Crippen LogP contribution in [0.4, 0.5) is 0 Å². The first-order valence-electron chi connectivity index (χ1n) is 12.1. The Kier molecular flexibility index (Phi) is 4.88. The monoisotopic (exact) mass is 447 g/mol. The van der Waals surface area contributed by atoms with Crippen molar-refractivity contribution < 1.29 is 19.7 Å². The lowest BCUT2D eigenvalue weighted by Crippen LogP contribution is -2.70. The van der Waals surface area contributed by atoms with Gasteiger partial charge in [0.2, 0.25) is 0 Å². The number of aliphatic hydroxyl groups is 2. The van der Waals surface area contributed by atoms with Gasteiger partial charge in [-0.25, -0.2) is 0 Å². The Morgan fingerprint density at radius 3 is 2.79 bits per heavy atom. The second-order valence-electron chi connectivity index (χ2n) is 10.5. The van der Waals surface area contributed by atoms with Gasteiger partial charge in [0, 0.05) is 22.4 Å². The SMILES string of the molecule is COc1ccc2c3c1OC1[C@H](O)[C@@](/C=C/Cc4ccccc4)(CO)CC4C(C2)N(C)CCC341. The summed E-state index contributed by atoms with van der Waals surface area (Å²) in [6.07, 6.45) is 6.46. The van der Waals surface area contributed by atoms with Crippen LogP contribution < -0.4 is 9.47 Å². The molecule has 2 aliphatic heterocycles. The van der Waals surface area contributed by atoms with Crippen LogP contribution in [-0.2, 0) is 18.3 Å². The van der Waals surface area contributed by atoms with E-state index in [4.69, 9.17) is 9.47 Å². The fourth-order valence-corrected chi connectivity index (χ4v) is 7.40. The Morgan fingerprint density at radius 1 is 1.21 bits per heavy atom. The summed E-state index contributed by atoms with van der Waals surface area (Å²) >= 11 is 0. The number of rotatable bonds is 5. The van der Waals surface area contributed by atoms with Gasteiger partial charge in [-0.05, 0) is 62.4 Å². The van der Waals surface area contributed by atoms with Crippen LogP contribution in [0, 0.1) is 11.3 Å². The maximum Gasteiger partial charge on any atom is 0.165 e. The number of benzene rings is 2. The Bertz CT molecular complexity index is 1080. The first-order chi connectivity index (χ1) is 16.0. The lowest BCUT2D eigenvalue weighted by Gasteiger charge is -2.62. The number of hydrogen-bond acceptors (Lipinski definition) is 5. The number of ether oxygens (including phenoxy) is 2. The van der Waals surface area contributed by atoms with E-state index in [1.54, 1.807) is 7.11 Å². The van der Waals surface area contributed by atoms with Gasteiger partial charge in [-0.15, -0.1) is 0 Å². The lowest BCUT2D eigenvalue weighted by atomic mass is 9.47. The lowest BCUT2D eigenvalue weighted by molar-refractivity contribution is -0.159. The Labute approximate surface area is 195 Å². The van der Waals surface area contributed by atoms with E-state index >= 15 is 0 Å². The third kappa shape index (κ3) is 2.82. The fraction of sp³-hybridized carbons (Fsp3) is 0.500. The molecule has 4 unspecified atom stereocenters.